The highest BCUT2D eigenvalue weighted by molar-refractivity contribution is 6.05. The Balaban J connectivity index is 1.91. The smallest absolute Gasteiger partial charge is 0.256 e. The van der Waals surface area contributed by atoms with Crippen LogP contribution >= 0.6 is 0 Å². The van der Waals surface area contributed by atoms with Crippen molar-refractivity contribution in [1.29, 1.82) is 0 Å². The van der Waals surface area contributed by atoms with Crippen molar-refractivity contribution in [1.82, 2.24) is 14.9 Å². The van der Waals surface area contributed by atoms with Gasteiger partial charge < -0.3 is 10.1 Å². The topological polar surface area (TPSA) is 78.7 Å². The molecule has 0 radical (unpaired) electrons. The van der Waals surface area contributed by atoms with E-state index in [0.717, 1.165) is 5.71 Å². The minimum absolute atomic E-state index is 0.0510. The summed E-state index contributed by atoms with van der Waals surface area (Å²) >= 11 is 0. The van der Waals surface area contributed by atoms with E-state index >= 15 is 0 Å². The number of benzene rings is 1. The van der Waals surface area contributed by atoms with Gasteiger partial charge in [-0.25, -0.2) is 0 Å². The highest BCUT2D eigenvalue weighted by Gasteiger charge is 2.27. The Labute approximate surface area is 122 Å². The number of amides is 1. The number of hydrogen-bond donors (Lipinski definition) is 1. The normalized spacial score (nSPS) is 20.9. The molecule has 2 heterocycles. The molecule has 1 atom stereocenters. The number of carbonyl (C=O) groups excluding carboxylic acids is 1. The third-order valence-electron chi connectivity index (χ3n) is 3.85. The van der Waals surface area contributed by atoms with Crippen molar-refractivity contribution >= 4 is 22.7 Å². The molecule has 1 aliphatic heterocycles. The van der Waals surface area contributed by atoms with Gasteiger partial charge in [-0.05, 0) is 12.1 Å². The third-order valence-corrected chi connectivity index (χ3v) is 3.85. The molecule has 1 aromatic heterocycles. The highest BCUT2D eigenvalue weighted by atomic mass is 16.4. The van der Waals surface area contributed by atoms with Crippen molar-refractivity contribution in [2.45, 2.75) is 13.3 Å². The molecule has 0 spiro atoms. The lowest BCUT2D eigenvalue weighted by molar-refractivity contribution is 0.0735. The maximum absolute atomic E-state index is 12.7. The molecular formula is C15H16N4O2. The van der Waals surface area contributed by atoms with Crippen molar-refractivity contribution in [2.75, 3.05) is 13.1 Å². The SMILES string of the molecule is CC1CN(C(=O)c2cccc3nccnc23)CC/C1=N\O. The average molecular weight is 284 g/mol. The van der Waals surface area contributed by atoms with Gasteiger partial charge in [-0.15, -0.1) is 0 Å². The first-order valence-corrected chi connectivity index (χ1v) is 6.90. The van der Waals surface area contributed by atoms with E-state index in [0.29, 0.717) is 36.1 Å². The zero-order valence-electron chi connectivity index (χ0n) is 11.7. The van der Waals surface area contributed by atoms with E-state index in [1.54, 1.807) is 23.4 Å². The molecule has 1 amide bonds. The maximum Gasteiger partial charge on any atom is 0.256 e. The second kappa shape index (κ2) is 5.47. The van der Waals surface area contributed by atoms with Crippen LogP contribution in [0.3, 0.4) is 0 Å². The molecule has 1 aliphatic rings. The fourth-order valence-electron chi connectivity index (χ4n) is 2.69. The van der Waals surface area contributed by atoms with Crippen LogP contribution in [0.4, 0.5) is 0 Å². The lowest BCUT2D eigenvalue weighted by Crippen LogP contribution is -2.43. The maximum atomic E-state index is 12.7. The number of fused-ring (bicyclic) bond motifs is 1. The first kappa shape index (κ1) is 13.5. The second-order valence-electron chi connectivity index (χ2n) is 5.22. The summed E-state index contributed by atoms with van der Waals surface area (Å²) in [7, 11) is 0. The van der Waals surface area contributed by atoms with Gasteiger partial charge >= 0.3 is 0 Å². The monoisotopic (exact) mass is 284 g/mol. The number of aromatic nitrogens is 2. The van der Waals surface area contributed by atoms with Crippen LogP contribution in [0, 0.1) is 5.92 Å². The first-order chi connectivity index (χ1) is 10.2. The van der Waals surface area contributed by atoms with Crippen LogP contribution in [-0.2, 0) is 0 Å². The summed E-state index contributed by atoms with van der Waals surface area (Å²) in [5.74, 6) is 0.0127. The molecule has 108 valence electrons. The van der Waals surface area contributed by atoms with Crippen LogP contribution in [0.15, 0.2) is 35.7 Å². The number of piperidine rings is 1. The zero-order chi connectivity index (χ0) is 14.8. The van der Waals surface area contributed by atoms with Crippen LogP contribution in [0.5, 0.6) is 0 Å². The molecule has 2 aromatic rings. The predicted molar refractivity (Wildman–Crippen MR) is 78.4 cm³/mol. The number of para-hydroxylation sites is 1. The number of carbonyl (C=O) groups is 1. The summed E-state index contributed by atoms with van der Waals surface area (Å²) in [6.45, 7) is 3.06. The Hall–Kier alpha value is -2.50. The summed E-state index contributed by atoms with van der Waals surface area (Å²) in [6, 6.07) is 5.44. The molecule has 1 saturated heterocycles. The van der Waals surface area contributed by atoms with Gasteiger partial charge in [0.15, 0.2) is 0 Å². The van der Waals surface area contributed by atoms with E-state index in [2.05, 4.69) is 15.1 Å². The van der Waals surface area contributed by atoms with Gasteiger partial charge in [-0.3, -0.25) is 14.8 Å². The Kier molecular flexibility index (Phi) is 3.51. The molecule has 3 rings (SSSR count). The van der Waals surface area contributed by atoms with Gasteiger partial charge in [-0.1, -0.05) is 18.1 Å². The fraction of sp³-hybridized carbons (Fsp3) is 0.333. The number of nitrogens with zero attached hydrogens (tertiary/aromatic N) is 4. The minimum Gasteiger partial charge on any atom is -0.411 e. The first-order valence-electron chi connectivity index (χ1n) is 6.90. The van der Waals surface area contributed by atoms with Crippen LogP contribution in [0.2, 0.25) is 0 Å². The highest BCUT2D eigenvalue weighted by Crippen LogP contribution is 2.20. The number of rotatable bonds is 1. The number of oxime groups is 1. The molecule has 1 fully saturated rings. The van der Waals surface area contributed by atoms with Gasteiger partial charge in [-0.2, -0.15) is 0 Å². The summed E-state index contributed by atoms with van der Waals surface area (Å²) in [5.41, 5.74) is 2.65. The van der Waals surface area contributed by atoms with E-state index in [1.807, 2.05) is 19.1 Å². The molecule has 0 bridgehead atoms. The van der Waals surface area contributed by atoms with E-state index in [4.69, 9.17) is 5.21 Å². The lowest BCUT2D eigenvalue weighted by Gasteiger charge is -2.31. The van der Waals surface area contributed by atoms with Gasteiger partial charge in [0.25, 0.3) is 5.91 Å². The standard InChI is InChI=1S/C15H16N4O2/c1-10-9-19(8-5-12(10)18-21)15(20)11-3-2-4-13-14(11)17-7-6-16-13/h2-4,6-7,10,21H,5,8-9H2,1H3/b18-12+. The molecule has 0 saturated carbocycles. The van der Waals surface area contributed by atoms with Gasteiger partial charge in [0, 0.05) is 37.8 Å². The van der Waals surface area contributed by atoms with Crippen LogP contribution in [0.25, 0.3) is 11.0 Å². The van der Waals surface area contributed by atoms with Crippen molar-refractivity contribution in [3.05, 3.63) is 36.2 Å². The summed E-state index contributed by atoms with van der Waals surface area (Å²) in [4.78, 5) is 23.0. The molecule has 6 nitrogen and oxygen atoms in total. The van der Waals surface area contributed by atoms with Crippen LogP contribution < -0.4 is 0 Å². The van der Waals surface area contributed by atoms with E-state index < -0.39 is 0 Å². The third kappa shape index (κ3) is 2.44. The van der Waals surface area contributed by atoms with Crippen molar-refractivity contribution < 1.29 is 10.0 Å². The van der Waals surface area contributed by atoms with Gasteiger partial charge in [0.1, 0.15) is 5.52 Å². The quantitative estimate of drug-likeness (QED) is 0.641. The summed E-state index contributed by atoms with van der Waals surface area (Å²) in [5, 5.41) is 12.2. The molecule has 6 heteroatoms. The van der Waals surface area contributed by atoms with E-state index in [9.17, 15) is 4.79 Å². The molecule has 1 N–H and O–H groups in total. The Morgan fingerprint density at radius 2 is 2.19 bits per heavy atom. The summed E-state index contributed by atoms with van der Waals surface area (Å²) in [6.07, 6.45) is 3.80. The van der Waals surface area contributed by atoms with Gasteiger partial charge in [0.2, 0.25) is 0 Å². The lowest BCUT2D eigenvalue weighted by atomic mass is 9.97. The zero-order valence-corrected chi connectivity index (χ0v) is 11.7. The minimum atomic E-state index is -0.0510. The Bertz CT molecular complexity index is 708. The number of likely N-dealkylation sites (tertiary alicyclic amines) is 1. The van der Waals surface area contributed by atoms with Crippen LogP contribution in [-0.4, -0.2) is 44.8 Å². The molecule has 21 heavy (non-hydrogen) atoms. The van der Waals surface area contributed by atoms with E-state index in [1.165, 1.54) is 0 Å². The average Bonchev–Trinajstić information content (AvgIpc) is 2.53. The number of hydrogen-bond acceptors (Lipinski definition) is 5. The van der Waals surface area contributed by atoms with E-state index in [-0.39, 0.29) is 11.8 Å². The van der Waals surface area contributed by atoms with Crippen molar-refractivity contribution in [2.24, 2.45) is 11.1 Å². The molecule has 1 unspecified atom stereocenters. The Morgan fingerprint density at radius 1 is 1.38 bits per heavy atom. The molecule has 0 aliphatic carbocycles. The second-order valence-corrected chi connectivity index (χ2v) is 5.22. The Morgan fingerprint density at radius 3 is 2.95 bits per heavy atom. The largest absolute Gasteiger partial charge is 0.411 e. The van der Waals surface area contributed by atoms with Gasteiger partial charge in [0.05, 0.1) is 16.8 Å². The van der Waals surface area contributed by atoms with Crippen LogP contribution in [0.1, 0.15) is 23.7 Å². The van der Waals surface area contributed by atoms with Crippen molar-refractivity contribution in [3.63, 3.8) is 0 Å². The fourth-order valence-corrected chi connectivity index (χ4v) is 2.69. The molecule has 1 aromatic carbocycles. The van der Waals surface area contributed by atoms with Crippen molar-refractivity contribution in [3.8, 4) is 0 Å². The molecular weight excluding hydrogens is 268 g/mol. The summed E-state index contributed by atoms with van der Waals surface area (Å²) < 4.78 is 0. The predicted octanol–water partition coefficient (Wildman–Crippen LogP) is 1.94.